The number of nitrogens with one attached hydrogen (secondary N) is 1. The standard InChI is InChI=1S/C20H28Cl2N2O4/c1-2-23-20(26)8-15-4-6-18-19(28-15)12-27-11-14(25)10-24(18)9-13-3-5-16(21)17(22)7-13/h3,5,7,14-15,18-19,25H,2,4,6,8-12H2,1H3,(H,23,26)/t14-,15-,18-,19+/m1/s1. The van der Waals surface area contributed by atoms with Gasteiger partial charge in [-0.1, -0.05) is 29.3 Å². The Kier molecular flexibility index (Phi) is 7.97. The molecule has 2 fully saturated rings. The van der Waals surface area contributed by atoms with E-state index in [1.54, 1.807) is 6.07 Å². The summed E-state index contributed by atoms with van der Waals surface area (Å²) >= 11 is 12.2. The van der Waals surface area contributed by atoms with Crippen molar-refractivity contribution in [3.63, 3.8) is 0 Å². The number of benzene rings is 1. The van der Waals surface area contributed by atoms with E-state index in [0.717, 1.165) is 18.4 Å². The number of hydrogen-bond acceptors (Lipinski definition) is 5. The predicted molar refractivity (Wildman–Crippen MR) is 109 cm³/mol. The minimum atomic E-state index is -0.559. The zero-order valence-corrected chi connectivity index (χ0v) is 17.6. The fourth-order valence-electron chi connectivity index (χ4n) is 3.98. The van der Waals surface area contributed by atoms with Crippen LogP contribution in [0.1, 0.15) is 31.7 Å². The number of fused-ring (bicyclic) bond motifs is 1. The van der Waals surface area contributed by atoms with Crippen LogP contribution < -0.4 is 5.32 Å². The molecule has 28 heavy (non-hydrogen) atoms. The maximum atomic E-state index is 11.9. The molecule has 0 saturated carbocycles. The molecule has 4 atom stereocenters. The molecule has 6 nitrogen and oxygen atoms in total. The Morgan fingerprint density at radius 2 is 2.11 bits per heavy atom. The van der Waals surface area contributed by atoms with Crippen LogP contribution >= 0.6 is 23.2 Å². The van der Waals surface area contributed by atoms with E-state index in [-0.39, 0.29) is 30.8 Å². The topological polar surface area (TPSA) is 71.0 Å². The molecular weight excluding hydrogens is 403 g/mol. The molecule has 0 unspecified atom stereocenters. The number of rotatable bonds is 5. The molecule has 1 amide bonds. The SMILES string of the molecule is CCNC(=O)C[C@H]1CC[C@@H]2[C@H](COC[C@H](O)CN2Cc2ccc(Cl)c(Cl)c2)O1. The molecule has 2 saturated heterocycles. The van der Waals surface area contributed by atoms with Crippen LogP contribution in [0.25, 0.3) is 0 Å². The summed E-state index contributed by atoms with van der Waals surface area (Å²) in [6.07, 6.45) is 1.25. The molecule has 2 N–H and O–H groups in total. The number of aliphatic hydroxyl groups excluding tert-OH is 1. The number of β-amino-alcohol motifs (C(OH)–C–C–N with tert-alkyl or cyclic N) is 1. The minimum absolute atomic E-state index is 0.0146. The van der Waals surface area contributed by atoms with Crippen LogP contribution in [0.4, 0.5) is 0 Å². The van der Waals surface area contributed by atoms with Gasteiger partial charge in [0, 0.05) is 25.7 Å². The molecule has 0 aliphatic carbocycles. The van der Waals surface area contributed by atoms with Crippen molar-refractivity contribution < 1.29 is 19.4 Å². The molecule has 0 aromatic heterocycles. The predicted octanol–water partition coefficient (Wildman–Crippen LogP) is 2.63. The fourth-order valence-corrected chi connectivity index (χ4v) is 4.30. The van der Waals surface area contributed by atoms with E-state index in [4.69, 9.17) is 32.7 Å². The van der Waals surface area contributed by atoms with E-state index in [0.29, 0.717) is 42.7 Å². The second kappa shape index (κ2) is 10.2. The van der Waals surface area contributed by atoms with E-state index in [1.807, 2.05) is 19.1 Å². The summed E-state index contributed by atoms with van der Waals surface area (Å²) in [5.74, 6) is 0.0146. The number of carbonyl (C=O) groups excluding carboxylic acids is 1. The summed E-state index contributed by atoms with van der Waals surface area (Å²) in [6.45, 7) is 4.34. The monoisotopic (exact) mass is 430 g/mol. The van der Waals surface area contributed by atoms with E-state index >= 15 is 0 Å². The molecule has 2 aliphatic heterocycles. The number of halogens is 2. The molecular formula is C20H28Cl2N2O4. The Bertz CT molecular complexity index is 676. The molecule has 0 spiro atoms. The molecule has 156 valence electrons. The van der Waals surface area contributed by atoms with Gasteiger partial charge in [0.05, 0.1) is 48.0 Å². The van der Waals surface area contributed by atoms with E-state index in [9.17, 15) is 9.90 Å². The molecule has 8 heteroatoms. The van der Waals surface area contributed by atoms with Gasteiger partial charge in [0.25, 0.3) is 0 Å². The first kappa shape index (κ1) is 21.8. The first-order valence-electron chi connectivity index (χ1n) is 9.82. The summed E-state index contributed by atoms with van der Waals surface area (Å²) < 4.78 is 11.9. The van der Waals surface area contributed by atoms with Crippen LogP contribution in [0.2, 0.25) is 10.0 Å². The Morgan fingerprint density at radius 3 is 2.86 bits per heavy atom. The van der Waals surface area contributed by atoms with Gasteiger partial charge in [-0.25, -0.2) is 0 Å². The fraction of sp³-hybridized carbons (Fsp3) is 0.650. The summed E-state index contributed by atoms with van der Waals surface area (Å²) in [6, 6.07) is 5.71. The summed E-state index contributed by atoms with van der Waals surface area (Å²) in [7, 11) is 0. The number of hydrogen-bond donors (Lipinski definition) is 2. The van der Waals surface area contributed by atoms with Gasteiger partial charge in [-0.15, -0.1) is 0 Å². The van der Waals surface area contributed by atoms with Crippen LogP contribution in [0.3, 0.4) is 0 Å². The van der Waals surface area contributed by atoms with Gasteiger partial charge >= 0.3 is 0 Å². The maximum absolute atomic E-state index is 11.9. The van der Waals surface area contributed by atoms with Crippen LogP contribution in [-0.2, 0) is 20.8 Å². The Balaban J connectivity index is 1.70. The zero-order chi connectivity index (χ0) is 20.1. The number of carbonyl (C=O) groups is 1. The Labute approximate surface area is 176 Å². The van der Waals surface area contributed by atoms with Crippen molar-refractivity contribution in [2.24, 2.45) is 0 Å². The average molecular weight is 431 g/mol. The Hall–Kier alpha value is -0.890. The Morgan fingerprint density at radius 1 is 1.29 bits per heavy atom. The van der Waals surface area contributed by atoms with Gasteiger partial charge in [-0.05, 0) is 37.5 Å². The quantitative estimate of drug-likeness (QED) is 0.750. The second-order valence-electron chi connectivity index (χ2n) is 7.47. The maximum Gasteiger partial charge on any atom is 0.222 e. The van der Waals surface area contributed by atoms with Crippen molar-refractivity contribution in [3.05, 3.63) is 33.8 Å². The van der Waals surface area contributed by atoms with Crippen LogP contribution in [0.15, 0.2) is 18.2 Å². The number of aliphatic hydroxyl groups is 1. The van der Waals surface area contributed by atoms with Gasteiger partial charge in [0.2, 0.25) is 5.91 Å². The van der Waals surface area contributed by atoms with Crippen LogP contribution in [0, 0.1) is 0 Å². The van der Waals surface area contributed by atoms with Gasteiger partial charge in [0.1, 0.15) is 0 Å². The zero-order valence-electron chi connectivity index (χ0n) is 16.1. The first-order chi connectivity index (χ1) is 13.5. The van der Waals surface area contributed by atoms with Crippen LogP contribution in [-0.4, -0.2) is 66.6 Å². The number of nitrogens with zero attached hydrogens (tertiary/aromatic N) is 1. The third kappa shape index (κ3) is 5.81. The van der Waals surface area contributed by atoms with Crippen molar-refractivity contribution in [3.8, 4) is 0 Å². The third-order valence-corrected chi connectivity index (χ3v) is 5.98. The highest BCUT2D eigenvalue weighted by molar-refractivity contribution is 6.42. The van der Waals surface area contributed by atoms with Crippen molar-refractivity contribution in [2.75, 3.05) is 26.3 Å². The van der Waals surface area contributed by atoms with Gasteiger partial charge in [-0.3, -0.25) is 9.69 Å². The molecule has 0 radical (unpaired) electrons. The summed E-state index contributed by atoms with van der Waals surface area (Å²) in [5, 5.41) is 14.1. The lowest BCUT2D eigenvalue weighted by Gasteiger charge is -2.44. The van der Waals surface area contributed by atoms with Gasteiger partial charge in [0.15, 0.2) is 0 Å². The largest absolute Gasteiger partial charge is 0.389 e. The third-order valence-electron chi connectivity index (χ3n) is 5.24. The van der Waals surface area contributed by atoms with E-state index < -0.39 is 6.10 Å². The number of ether oxygens (including phenoxy) is 2. The van der Waals surface area contributed by atoms with Crippen molar-refractivity contribution in [2.45, 2.75) is 57.1 Å². The highest BCUT2D eigenvalue weighted by Crippen LogP contribution is 2.30. The molecule has 1 aromatic rings. The van der Waals surface area contributed by atoms with Gasteiger partial charge < -0.3 is 19.9 Å². The lowest BCUT2D eigenvalue weighted by molar-refractivity contribution is -0.158. The van der Waals surface area contributed by atoms with Crippen molar-refractivity contribution in [1.82, 2.24) is 10.2 Å². The molecule has 1 aromatic carbocycles. The molecule has 2 heterocycles. The highest BCUT2D eigenvalue weighted by atomic mass is 35.5. The second-order valence-corrected chi connectivity index (χ2v) is 8.28. The summed E-state index contributed by atoms with van der Waals surface area (Å²) in [4.78, 5) is 14.1. The number of amides is 1. The molecule has 3 rings (SSSR count). The van der Waals surface area contributed by atoms with Crippen LogP contribution in [0.5, 0.6) is 0 Å². The normalized spacial score (nSPS) is 28.9. The minimum Gasteiger partial charge on any atom is -0.389 e. The molecule has 0 bridgehead atoms. The van der Waals surface area contributed by atoms with E-state index in [1.165, 1.54) is 0 Å². The first-order valence-corrected chi connectivity index (χ1v) is 10.6. The summed E-state index contributed by atoms with van der Waals surface area (Å²) in [5.41, 5.74) is 1.03. The van der Waals surface area contributed by atoms with E-state index in [2.05, 4.69) is 10.2 Å². The average Bonchev–Trinajstić information content (AvgIpc) is 2.63. The van der Waals surface area contributed by atoms with Crippen molar-refractivity contribution in [1.29, 1.82) is 0 Å². The highest BCUT2D eigenvalue weighted by Gasteiger charge is 2.38. The molecule has 2 aliphatic rings. The smallest absolute Gasteiger partial charge is 0.222 e. The lowest BCUT2D eigenvalue weighted by atomic mass is 9.94. The lowest BCUT2D eigenvalue weighted by Crippen LogP contribution is -2.55. The van der Waals surface area contributed by atoms with Crippen molar-refractivity contribution >= 4 is 29.1 Å². The van der Waals surface area contributed by atoms with Gasteiger partial charge in [-0.2, -0.15) is 0 Å².